The molecule has 2 aromatic carbocycles. The molecule has 128 valence electrons. The molecule has 1 amide bonds. The molecular formula is C19H22ClNO2S. The van der Waals surface area contributed by atoms with Crippen LogP contribution in [0.4, 0.5) is 5.69 Å². The average molecular weight is 364 g/mol. The Labute approximate surface area is 152 Å². The van der Waals surface area contributed by atoms with Gasteiger partial charge >= 0.3 is 0 Å². The second kappa shape index (κ2) is 10.3. The topological polar surface area (TPSA) is 38.3 Å². The fourth-order valence-electron chi connectivity index (χ4n) is 2.10. The van der Waals surface area contributed by atoms with Crippen molar-refractivity contribution in [2.24, 2.45) is 0 Å². The normalized spacial score (nSPS) is 10.4. The first kappa shape index (κ1) is 18.7. The smallest absolute Gasteiger partial charge is 0.234 e. The predicted octanol–water partition coefficient (Wildman–Crippen LogP) is 5.18. The third-order valence-electron chi connectivity index (χ3n) is 3.40. The monoisotopic (exact) mass is 363 g/mol. The summed E-state index contributed by atoms with van der Waals surface area (Å²) < 4.78 is 5.75. The average Bonchev–Trinajstić information content (AvgIpc) is 2.57. The minimum atomic E-state index is 0.0125. The maximum Gasteiger partial charge on any atom is 0.234 e. The molecule has 2 rings (SSSR count). The summed E-state index contributed by atoms with van der Waals surface area (Å²) in [7, 11) is 0. The van der Waals surface area contributed by atoms with Gasteiger partial charge in [0, 0.05) is 10.7 Å². The van der Waals surface area contributed by atoms with Crippen LogP contribution in [0.15, 0.2) is 48.5 Å². The van der Waals surface area contributed by atoms with Gasteiger partial charge in [0.05, 0.1) is 12.4 Å². The van der Waals surface area contributed by atoms with Crippen LogP contribution >= 0.6 is 23.4 Å². The van der Waals surface area contributed by atoms with Gasteiger partial charge in [-0.2, -0.15) is 11.8 Å². The van der Waals surface area contributed by atoms with Gasteiger partial charge in [0.2, 0.25) is 5.91 Å². The minimum Gasteiger partial charge on any atom is -0.493 e. The van der Waals surface area contributed by atoms with Crippen LogP contribution in [0.3, 0.4) is 0 Å². The number of ether oxygens (including phenoxy) is 1. The van der Waals surface area contributed by atoms with Crippen LogP contribution in [-0.2, 0) is 4.79 Å². The zero-order valence-electron chi connectivity index (χ0n) is 13.8. The SMILES string of the molecule is Cc1ccccc1OCCCCSCC(=O)Nc1ccc(Cl)cc1. The summed E-state index contributed by atoms with van der Waals surface area (Å²) in [5.74, 6) is 2.37. The van der Waals surface area contributed by atoms with Crippen LogP contribution in [0.5, 0.6) is 5.75 Å². The highest BCUT2D eigenvalue weighted by molar-refractivity contribution is 7.99. The molecule has 0 aliphatic carbocycles. The lowest BCUT2D eigenvalue weighted by molar-refractivity contribution is -0.113. The Morgan fingerprint density at radius 2 is 1.88 bits per heavy atom. The van der Waals surface area contributed by atoms with Gasteiger partial charge in [0.25, 0.3) is 0 Å². The van der Waals surface area contributed by atoms with Crippen LogP contribution in [0.1, 0.15) is 18.4 Å². The van der Waals surface area contributed by atoms with Crippen LogP contribution in [0, 0.1) is 6.92 Å². The molecule has 0 radical (unpaired) electrons. The molecule has 0 unspecified atom stereocenters. The molecule has 0 atom stereocenters. The Balaban J connectivity index is 1.52. The van der Waals surface area contributed by atoms with E-state index in [4.69, 9.17) is 16.3 Å². The molecule has 2 aromatic rings. The van der Waals surface area contributed by atoms with E-state index in [0.29, 0.717) is 17.4 Å². The molecule has 0 aliphatic heterocycles. The van der Waals surface area contributed by atoms with Gasteiger partial charge in [-0.05, 0) is 61.4 Å². The van der Waals surface area contributed by atoms with E-state index in [-0.39, 0.29) is 5.91 Å². The molecule has 0 bridgehead atoms. The maximum atomic E-state index is 11.8. The Morgan fingerprint density at radius 3 is 2.62 bits per heavy atom. The number of unbranched alkanes of at least 4 members (excludes halogenated alkanes) is 1. The summed E-state index contributed by atoms with van der Waals surface area (Å²) in [4.78, 5) is 11.8. The van der Waals surface area contributed by atoms with E-state index in [2.05, 4.69) is 5.32 Å². The summed E-state index contributed by atoms with van der Waals surface area (Å²) >= 11 is 7.45. The number of anilines is 1. The zero-order valence-corrected chi connectivity index (χ0v) is 15.3. The zero-order chi connectivity index (χ0) is 17.2. The van der Waals surface area contributed by atoms with Crippen molar-refractivity contribution in [3.63, 3.8) is 0 Å². The van der Waals surface area contributed by atoms with Crippen molar-refractivity contribution in [1.82, 2.24) is 0 Å². The molecule has 0 fully saturated rings. The number of hydrogen-bond donors (Lipinski definition) is 1. The van der Waals surface area contributed by atoms with Gasteiger partial charge in [0.15, 0.2) is 0 Å². The molecule has 0 saturated heterocycles. The second-order valence-electron chi connectivity index (χ2n) is 5.43. The van der Waals surface area contributed by atoms with E-state index < -0.39 is 0 Å². The van der Waals surface area contributed by atoms with Gasteiger partial charge in [-0.25, -0.2) is 0 Å². The van der Waals surface area contributed by atoms with E-state index in [1.165, 1.54) is 0 Å². The molecule has 0 aromatic heterocycles. The van der Waals surface area contributed by atoms with E-state index in [9.17, 15) is 4.79 Å². The standard InChI is InChI=1S/C19H22ClNO2S/c1-15-6-2-3-7-18(15)23-12-4-5-13-24-14-19(22)21-17-10-8-16(20)9-11-17/h2-3,6-11H,4-5,12-14H2,1H3,(H,21,22). The van der Waals surface area contributed by atoms with Crippen LogP contribution in [0.25, 0.3) is 0 Å². The highest BCUT2D eigenvalue weighted by atomic mass is 35.5. The van der Waals surface area contributed by atoms with E-state index in [1.807, 2.05) is 31.2 Å². The number of para-hydroxylation sites is 1. The lowest BCUT2D eigenvalue weighted by atomic mass is 10.2. The maximum absolute atomic E-state index is 11.8. The minimum absolute atomic E-state index is 0.0125. The van der Waals surface area contributed by atoms with Gasteiger partial charge in [-0.3, -0.25) is 4.79 Å². The van der Waals surface area contributed by atoms with E-state index in [0.717, 1.165) is 35.6 Å². The summed E-state index contributed by atoms with van der Waals surface area (Å²) in [5.41, 5.74) is 1.93. The summed E-state index contributed by atoms with van der Waals surface area (Å²) in [5, 5.41) is 3.52. The summed E-state index contributed by atoms with van der Waals surface area (Å²) in [6, 6.07) is 15.2. The predicted molar refractivity (Wildman–Crippen MR) is 103 cm³/mol. The van der Waals surface area contributed by atoms with Crippen molar-refractivity contribution in [2.45, 2.75) is 19.8 Å². The molecule has 1 N–H and O–H groups in total. The molecule has 0 spiro atoms. The summed E-state index contributed by atoms with van der Waals surface area (Å²) in [6.45, 7) is 2.76. The first-order valence-electron chi connectivity index (χ1n) is 7.97. The molecule has 3 nitrogen and oxygen atoms in total. The second-order valence-corrected chi connectivity index (χ2v) is 6.97. The number of amides is 1. The lowest BCUT2D eigenvalue weighted by Crippen LogP contribution is -2.14. The van der Waals surface area contributed by atoms with Crippen LogP contribution < -0.4 is 10.1 Å². The van der Waals surface area contributed by atoms with E-state index in [1.54, 1.807) is 36.0 Å². The fraction of sp³-hybridized carbons (Fsp3) is 0.316. The number of benzene rings is 2. The number of hydrogen-bond acceptors (Lipinski definition) is 3. The van der Waals surface area contributed by atoms with Gasteiger partial charge in [0.1, 0.15) is 5.75 Å². The number of nitrogens with one attached hydrogen (secondary N) is 1. The third-order valence-corrected chi connectivity index (χ3v) is 4.69. The van der Waals surface area contributed by atoms with Crippen molar-refractivity contribution in [3.8, 4) is 5.75 Å². The first-order valence-corrected chi connectivity index (χ1v) is 9.50. The van der Waals surface area contributed by atoms with Crippen molar-refractivity contribution in [3.05, 3.63) is 59.1 Å². The van der Waals surface area contributed by atoms with Crippen LogP contribution in [-0.4, -0.2) is 24.0 Å². The lowest BCUT2D eigenvalue weighted by Gasteiger charge is -2.08. The quantitative estimate of drug-likeness (QED) is 0.624. The first-order chi connectivity index (χ1) is 11.6. The van der Waals surface area contributed by atoms with Crippen molar-refractivity contribution in [1.29, 1.82) is 0 Å². The number of halogens is 1. The Bertz CT molecular complexity index is 646. The summed E-state index contributed by atoms with van der Waals surface area (Å²) in [6.07, 6.45) is 2.02. The number of carbonyl (C=O) groups is 1. The van der Waals surface area contributed by atoms with E-state index >= 15 is 0 Å². The van der Waals surface area contributed by atoms with Crippen molar-refractivity contribution >= 4 is 35.0 Å². The van der Waals surface area contributed by atoms with Gasteiger partial charge < -0.3 is 10.1 Å². The number of thioether (sulfide) groups is 1. The Morgan fingerprint density at radius 1 is 1.12 bits per heavy atom. The third kappa shape index (κ3) is 6.85. The number of carbonyl (C=O) groups excluding carboxylic acids is 1. The Hall–Kier alpha value is -1.65. The molecule has 5 heteroatoms. The molecule has 24 heavy (non-hydrogen) atoms. The largest absolute Gasteiger partial charge is 0.493 e. The number of rotatable bonds is 9. The highest BCUT2D eigenvalue weighted by Gasteiger charge is 2.03. The Kier molecular flexibility index (Phi) is 7.99. The molecule has 0 heterocycles. The highest BCUT2D eigenvalue weighted by Crippen LogP contribution is 2.17. The fourth-order valence-corrected chi connectivity index (χ4v) is 3.04. The van der Waals surface area contributed by atoms with Crippen molar-refractivity contribution < 1.29 is 9.53 Å². The van der Waals surface area contributed by atoms with Crippen molar-refractivity contribution in [2.75, 3.05) is 23.4 Å². The van der Waals surface area contributed by atoms with Gasteiger partial charge in [-0.15, -0.1) is 0 Å². The van der Waals surface area contributed by atoms with Crippen LogP contribution in [0.2, 0.25) is 5.02 Å². The van der Waals surface area contributed by atoms with Gasteiger partial charge in [-0.1, -0.05) is 29.8 Å². The number of aryl methyl sites for hydroxylation is 1. The molecule has 0 saturated carbocycles. The molecular weight excluding hydrogens is 342 g/mol. The molecule has 0 aliphatic rings.